The molecule has 0 aliphatic rings. The number of nitrogens with one attached hydrogen (secondary N) is 1. The van der Waals surface area contributed by atoms with Gasteiger partial charge in [0.15, 0.2) is 0 Å². The first-order valence-corrected chi connectivity index (χ1v) is 5.75. The van der Waals surface area contributed by atoms with Gasteiger partial charge < -0.3 is 15.8 Å². The number of hydrogen-bond donors (Lipinski definition) is 2. The Kier molecular flexibility index (Phi) is 9.52. The van der Waals surface area contributed by atoms with Crippen LogP contribution < -0.4 is 11.1 Å². The van der Waals surface area contributed by atoms with Gasteiger partial charge in [0, 0.05) is 26.2 Å². The van der Waals surface area contributed by atoms with Gasteiger partial charge in [-0.3, -0.25) is 4.79 Å². The standard InChI is InChI=1S/C11H24N2O2/c1-3-15-8-4-5-11(14)13-9-10(2)6-7-12/h10H,3-9,12H2,1-2H3,(H,13,14). The molecule has 0 bridgehead atoms. The van der Waals surface area contributed by atoms with Crippen LogP contribution in [-0.2, 0) is 9.53 Å². The zero-order valence-electron chi connectivity index (χ0n) is 9.92. The van der Waals surface area contributed by atoms with E-state index >= 15 is 0 Å². The van der Waals surface area contributed by atoms with Crippen molar-refractivity contribution in [2.45, 2.75) is 33.1 Å². The minimum atomic E-state index is 0.110. The van der Waals surface area contributed by atoms with Crippen molar-refractivity contribution in [1.82, 2.24) is 5.32 Å². The summed E-state index contributed by atoms with van der Waals surface area (Å²) in [5.74, 6) is 0.574. The van der Waals surface area contributed by atoms with Crippen LogP contribution in [0.5, 0.6) is 0 Å². The van der Waals surface area contributed by atoms with Crippen LogP contribution in [0.25, 0.3) is 0 Å². The van der Waals surface area contributed by atoms with E-state index in [1.807, 2.05) is 6.92 Å². The summed E-state index contributed by atoms with van der Waals surface area (Å²) < 4.78 is 5.15. The molecule has 0 heterocycles. The van der Waals surface area contributed by atoms with E-state index < -0.39 is 0 Å². The summed E-state index contributed by atoms with van der Waals surface area (Å²) >= 11 is 0. The third-order valence-corrected chi connectivity index (χ3v) is 2.20. The molecular weight excluding hydrogens is 192 g/mol. The molecule has 0 radical (unpaired) electrons. The van der Waals surface area contributed by atoms with Crippen molar-refractivity contribution < 1.29 is 9.53 Å². The van der Waals surface area contributed by atoms with Gasteiger partial charge in [-0.1, -0.05) is 6.92 Å². The summed E-state index contributed by atoms with van der Waals surface area (Å²) in [6, 6.07) is 0. The molecule has 0 spiro atoms. The lowest BCUT2D eigenvalue weighted by molar-refractivity contribution is -0.121. The molecule has 0 saturated carbocycles. The maximum absolute atomic E-state index is 11.3. The van der Waals surface area contributed by atoms with Crippen LogP contribution in [0.15, 0.2) is 0 Å². The molecule has 1 unspecified atom stereocenters. The second-order valence-corrected chi connectivity index (χ2v) is 3.79. The Labute approximate surface area is 92.6 Å². The molecule has 0 aliphatic heterocycles. The van der Waals surface area contributed by atoms with E-state index in [0.29, 0.717) is 25.5 Å². The summed E-state index contributed by atoms with van der Waals surface area (Å²) in [5.41, 5.74) is 5.42. The average Bonchev–Trinajstić information content (AvgIpc) is 2.22. The van der Waals surface area contributed by atoms with Crippen LogP contribution >= 0.6 is 0 Å². The number of ether oxygens (including phenoxy) is 1. The quantitative estimate of drug-likeness (QED) is 0.563. The van der Waals surface area contributed by atoms with E-state index in [1.54, 1.807) is 0 Å². The third-order valence-electron chi connectivity index (χ3n) is 2.20. The second-order valence-electron chi connectivity index (χ2n) is 3.79. The highest BCUT2D eigenvalue weighted by Gasteiger charge is 2.04. The Balaban J connectivity index is 3.32. The van der Waals surface area contributed by atoms with Gasteiger partial charge in [-0.2, -0.15) is 0 Å². The van der Waals surface area contributed by atoms with Crippen molar-refractivity contribution in [3.05, 3.63) is 0 Å². The van der Waals surface area contributed by atoms with Crippen LogP contribution in [0, 0.1) is 5.92 Å². The van der Waals surface area contributed by atoms with Gasteiger partial charge >= 0.3 is 0 Å². The minimum Gasteiger partial charge on any atom is -0.382 e. The molecule has 0 aromatic heterocycles. The Hall–Kier alpha value is -0.610. The fraction of sp³-hybridized carbons (Fsp3) is 0.909. The number of rotatable bonds is 9. The molecule has 0 saturated heterocycles. The summed E-state index contributed by atoms with van der Waals surface area (Å²) in [6.45, 7) is 6.84. The molecule has 15 heavy (non-hydrogen) atoms. The molecule has 4 heteroatoms. The SMILES string of the molecule is CCOCCCC(=O)NCC(C)CCN. The van der Waals surface area contributed by atoms with Crippen LogP contribution in [-0.4, -0.2) is 32.2 Å². The smallest absolute Gasteiger partial charge is 0.220 e. The van der Waals surface area contributed by atoms with E-state index in [2.05, 4.69) is 12.2 Å². The largest absolute Gasteiger partial charge is 0.382 e. The van der Waals surface area contributed by atoms with Gasteiger partial charge in [0.2, 0.25) is 5.91 Å². The predicted octanol–water partition coefficient (Wildman–Crippen LogP) is 0.904. The highest BCUT2D eigenvalue weighted by Crippen LogP contribution is 1.98. The van der Waals surface area contributed by atoms with Crippen LogP contribution in [0.4, 0.5) is 0 Å². The van der Waals surface area contributed by atoms with Gasteiger partial charge in [0.25, 0.3) is 0 Å². The maximum atomic E-state index is 11.3. The molecule has 0 aromatic rings. The van der Waals surface area contributed by atoms with Gasteiger partial charge in [-0.25, -0.2) is 0 Å². The van der Waals surface area contributed by atoms with Gasteiger partial charge in [0.1, 0.15) is 0 Å². The van der Waals surface area contributed by atoms with Crippen LogP contribution in [0.1, 0.15) is 33.1 Å². The average molecular weight is 216 g/mol. The van der Waals surface area contributed by atoms with E-state index in [9.17, 15) is 4.79 Å². The Morgan fingerprint density at radius 1 is 1.53 bits per heavy atom. The van der Waals surface area contributed by atoms with E-state index in [1.165, 1.54) is 0 Å². The first-order valence-electron chi connectivity index (χ1n) is 5.75. The van der Waals surface area contributed by atoms with E-state index in [0.717, 1.165) is 26.0 Å². The van der Waals surface area contributed by atoms with Gasteiger partial charge in [0.05, 0.1) is 0 Å². The van der Waals surface area contributed by atoms with Crippen molar-refractivity contribution in [1.29, 1.82) is 0 Å². The first-order chi connectivity index (χ1) is 7.20. The topological polar surface area (TPSA) is 64.3 Å². The molecule has 1 atom stereocenters. The van der Waals surface area contributed by atoms with Crippen molar-refractivity contribution in [3.8, 4) is 0 Å². The zero-order chi connectivity index (χ0) is 11.5. The van der Waals surface area contributed by atoms with Crippen molar-refractivity contribution >= 4 is 5.91 Å². The molecule has 90 valence electrons. The second kappa shape index (κ2) is 9.93. The van der Waals surface area contributed by atoms with Crippen LogP contribution in [0.2, 0.25) is 0 Å². The number of amides is 1. The molecule has 0 fully saturated rings. The fourth-order valence-corrected chi connectivity index (χ4v) is 1.24. The Morgan fingerprint density at radius 3 is 2.87 bits per heavy atom. The van der Waals surface area contributed by atoms with E-state index in [-0.39, 0.29) is 5.91 Å². The highest BCUT2D eigenvalue weighted by molar-refractivity contribution is 5.75. The molecule has 4 nitrogen and oxygen atoms in total. The lowest BCUT2D eigenvalue weighted by atomic mass is 10.1. The number of carbonyl (C=O) groups excluding carboxylic acids is 1. The lowest BCUT2D eigenvalue weighted by Gasteiger charge is -2.11. The summed E-state index contributed by atoms with van der Waals surface area (Å²) in [6.07, 6.45) is 2.31. The normalized spacial score (nSPS) is 12.5. The molecule has 0 aliphatic carbocycles. The Morgan fingerprint density at radius 2 is 2.27 bits per heavy atom. The molecule has 3 N–H and O–H groups in total. The van der Waals surface area contributed by atoms with Crippen molar-refractivity contribution in [2.24, 2.45) is 11.7 Å². The first kappa shape index (κ1) is 14.4. The van der Waals surface area contributed by atoms with Crippen molar-refractivity contribution in [3.63, 3.8) is 0 Å². The van der Waals surface area contributed by atoms with E-state index in [4.69, 9.17) is 10.5 Å². The molecule has 0 aromatic carbocycles. The number of carbonyl (C=O) groups is 1. The zero-order valence-corrected chi connectivity index (χ0v) is 9.92. The number of nitrogens with two attached hydrogens (primary N) is 1. The lowest BCUT2D eigenvalue weighted by Crippen LogP contribution is -2.29. The summed E-state index contributed by atoms with van der Waals surface area (Å²) in [5, 5.41) is 2.89. The monoisotopic (exact) mass is 216 g/mol. The van der Waals surface area contributed by atoms with Crippen LogP contribution in [0.3, 0.4) is 0 Å². The highest BCUT2D eigenvalue weighted by atomic mass is 16.5. The summed E-state index contributed by atoms with van der Waals surface area (Å²) in [4.78, 5) is 11.3. The number of hydrogen-bond acceptors (Lipinski definition) is 3. The Bertz CT molecular complexity index is 163. The maximum Gasteiger partial charge on any atom is 0.220 e. The van der Waals surface area contributed by atoms with Gasteiger partial charge in [-0.05, 0) is 32.2 Å². The third kappa shape index (κ3) is 9.69. The van der Waals surface area contributed by atoms with Crippen molar-refractivity contribution in [2.75, 3.05) is 26.3 Å². The van der Waals surface area contributed by atoms with Gasteiger partial charge in [-0.15, -0.1) is 0 Å². The molecular formula is C11H24N2O2. The minimum absolute atomic E-state index is 0.110. The fourth-order valence-electron chi connectivity index (χ4n) is 1.24. The molecule has 1 amide bonds. The summed E-state index contributed by atoms with van der Waals surface area (Å²) in [7, 11) is 0. The molecule has 0 rings (SSSR count). The predicted molar refractivity (Wildman–Crippen MR) is 61.6 cm³/mol.